The SMILES string of the molecule is Cc1cccc(-c2cnc(N3CCC(C(=O)N4CCC(N5CCCCC5)CC4)CC3)nc2)c1. The number of rotatable bonds is 4. The first-order valence-corrected chi connectivity index (χ1v) is 12.8. The van der Waals surface area contributed by atoms with Crippen LogP contribution < -0.4 is 4.90 Å². The van der Waals surface area contributed by atoms with Crippen LogP contribution in [0.3, 0.4) is 0 Å². The summed E-state index contributed by atoms with van der Waals surface area (Å²) in [5.74, 6) is 1.31. The number of carbonyl (C=O) groups excluding carboxylic acids is 1. The zero-order valence-electron chi connectivity index (χ0n) is 20.0. The number of hydrogen-bond donors (Lipinski definition) is 0. The van der Waals surface area contributed by atoms with Gasteiger partial charge >= 0.3 is 0 Å². The maximum atomic E-state index is 13.2. The van der Waals surface area contributed by atoms with E-state index in [0.717, 1.165) is 68.9 Å². The highest BCUT2D eigenvalue weighted by Crippen LogP contribution is 2.27. The molecule has 6 nitrogen and oxygen atoms in total. The summed E-state index contributed by atoms with van der Waals surface area (Å²) in [5, 5.41) is 0. The van der Waals surface area contributed by atoms with Crippen molar-refractivity contribution in [2.75, 3.05) is 44.2 Å². The summed E-state index contributed by atoms with van der Waals surface area (Å²) in [6.45, 7) is 8.18. The summed E-state index contributed by atoms with van der Waals surface area (Å²) < 4.78 is 0. The Morgan fingerprint density at radius 3 is 2.21 bits per heavy atom. The maximum Gasteiger partial charge on any atom is 0.225 e. The van der Waals surface area contributed by atoms with Gasteiger partial charge < -0.3 is 14.7 Å². The summed E-state index contributed by atoms with van der Waals surface area (Å²) in [4.78, 5) is 29.5. The second-order valence-corrected chi connectivity index (χ2v) is 10.1. The average Bonchev–Trinajstić information content (AvgIpc) is 2.89. The number of aromatic nitrogens is 2. The monoisotopic (exact) mass is 447 g/mol. The number of amides is 1. The van der Waals surface area contributed by atoms with Crippen molar-refractivity contribution in [3.05, 3.63) is 42.2 Å². The van der Waals surface area contributed by atoms with Crippen molar-refractivity contribution in [1.29, 1.82) is 0 Å². The zero-order valence-corrected chi connectivity index (χ0v) is 20.0. The van der Waals surface area contributed by atoms with Gasteiger partial charge in [0.05, 0.1) is 0 Å². The largest absolute Gasteiger partial charge is 0.342 e. The molecule has 0 radical (unpaired) electrons. The summed E-state index contributed by atoms with van der Waals surface area (Å²) in [6.07, 6.45) is 12.0. The van der Waals surface area contributed by atoms with Crippen molar-refractivity contribution in [3.63, 3.8) is 0 Å². The predicted molar refractivity (Wildman–Crippen MR) is 132 cm³/mol. The second kappa shape index (κ2) is 10.2. The molecule has 4 heterocycles. The fourth-order valence-electron chi connectivity index (χ4n) is 5.78. The van der Waals surface area contributed by atoms with E-state index < -0.39 is 0 Å². The van der Waals surface area contributed by atoms with Crippen molar-refractivity contribution in [3.8, 4) is 11.1 Å². The fraction of sp³-hybridized carbons (Fsp3) is 0.593. The van der Waals surface area contributed by atoms with Gasteiger partial charge in [0, 0.05) is 56.1 Å². The average molecular weight is 448 g/mol. The Morgan fingerprint density at radius 2 is 1.55 bits per heavy atom. The van der Waals surface area contributed by atoms with E-state index in [9.17, 15) is 4.79 Å². The van der Waals surface area contributed by atoms with Crippen LogP contribution >= 0.6 is 0 Å². The normalized spacial score (nSPS) is 21.4. The minimum Gasteiger partial charge on any atom is -0.342 e. The molecule has 2 aromatic rings. The van der Waals surface area contributed by atoms with E-state index in [4.69, 9.17) is 0 Å². The van der Waals surface area contributed by atoms with Crippen LogP contribution in [0.5, 0.6) is 0 Å². The van der Waals surface area contributed by atoms with Crippen molar-refractivity contribution >= 4 is 11.9 Å². The lowest BCUT2D eigenvalue weighted by Gasteiger charge is -2.41. The highest BCUT2D eigenvalue weighted by molar-refractivity contribution is 5.79. The molecule has 0 bridgehead atoms. The third-order valence-corrected chi connectivity index (χ3v) is 7.80. The number of likely N-dealkylation sites (tertiary alicyclic amines) is 2. The minimum atomic E-state index is 0.152. The van der Waals surface area contributed by atoms with Gasteiger partial charge in [-0.2, -0.15) is 0 Å². The van der Waals surface area contributed by atoms with E-state index in [-0.39, 0.29) is 5.92 Å². The molecular weight excluding hydrogens is 410 g/mol. The number of hydrogen-bond acceptors (Lipinski definition) is 5. The molecule has 3 aliphatic heterocycles. The summed E-state index contributed by atoms with van der Waals surface area (Å²) in [5.41, 5.74) is 3.43. The van der Waals surface area contributed by atoms with Crippen LogP contribution in [-0.4, -0.2) is 71.0 Å². The van der Waals surface area contributed by atoms with Crippen LogP contribution in [0.15, 0.2) is 36.7 Å². The molecule has 1 aromatic carbocycles. The smallest absolute Gasteiger partial charge is 0.225 e. The topological polar surface area (TPSA) is 52.6 Å². The highest BCUT2D eigenvalue weighted by Gasteiger charge is 2.33. The lowest BCUT2D eigenvalue weighted by molar-refractivity contribution is -0.137. The first kappa shape index (κ1) is 22.3. The summed E-state index contributed by atoms with van der Waals surface area (Å²) in [6, 6.07) is 9.11. The van der Waals surface area contributed by atoms with Crippen LogP contribution in [0.25, 0.3) is 11.1 Å². The Bertz CT molecular complexity index is 924. The molecular formula is C27H37N5O. The number of piperidine rings is 3. The molecule has 0 saturated carbocycles. The number of carbonyl (C=O) groups is 1. The minimum absolute atomic E-state index is 0.152. The maximum absolute atomic E-state index is 13.2. The van der Waals surface area contributed by atoms with Crippen LogP contribution in [0.4, 0.5) is 5.95 Å². The molecule has 0 aliphatic carbocycles. The van der Waals surface area contributed by atoms with Gasteiger partial charge in [-0.1, -0.05) is 36.2 Å². The van der Waals surface area contributed by atoms with Gasteiger partial charge in [-0.05, 0) is 64.1 Å². The molecule has 5 rings (SSSR count). The molecule has 3 saturated heterocycles. The van der Waals surface area contributed by atoms with Crippen LogP contribution in [0.2, 0.25) is 0 Å². The number of nitrogens with zero attached hydrogens (tertiary/aromatic N) is 5. The van der Waals surface area contributed by atoms with Crippen molar-refractivity contribution in [2.24, 2.45) is 5.92 Å². The van der Waals surface area contributed by atoms with Crippen molar-refractivity contribution in [2.45, 2.75) is 57.9 Å². The van der Waals surface area contributed by atoms with Gasteiger partial charge in [-0.3, -0.25) is 4.79 Å². The van der Waals surface area contributed by atoms with Crippen molar-refractivity contribution in [1.82, 2.24) is 19.8 Å². The van der Waals surface area contributed by atoms with E-state index in [1.54, 1.807) is 0 Å². The quantitative estimate of drug-likeness (QED) is 0.705. The Hall–Kier alpha value is -2.47. The molecule has 6 heteroatoms. The van der Waals surface area contributed by atoms with Gasteiger partial charge in [0.25, 0.3) is 0 Å². The fourth-order valence-corrected chi connectivity index (χ4v) is 5.78. The number of aryl methyl sites for hydroxylation is 1. The van der Waals surface area contributed by atoms with E-state index >= 15 is 0 Å². The molecule has 0 N–H and O–H groups in total. The third kappa shape index (κ3) is 5.21. The molecule has 1 amide bonds. The van der Waals surface area contributed by atoms with E-state index in [1.165, 1.54) is 37.9 Å². The van der Waals surface area contributed by atoms with Gasteiger partial charge in [-0.25, -0.2) is 9.97 Å². The molecule has 1 aromatic heterocycles. The van der Waals surface area contributed by atoms with Crippen LogP contribution in [0.1, 0.15) is 50.5 Å². The van der Waals surface area contributed by atoms with Crippen LogP contribution in [-0.2, 0) is 4.79 Å². The van der Waals surface area contributed by atoms with Gasteiger partial charge in [0.15, 0.2) is 0 Å². The second-order valence-electron chi connectivity index (χ2n) is 10.1. The molecule has 33 heavy (non-hydrogen) atoms. The summed E-state index contributed by atoms with van der Waals surface area (Å²) in [7, 11) is 0. The lowest BCUT2D eigenvalue weighted by Crippen LogP contribution is -2.50. The highest BCUT2D eigenvalue weighted by atomic mass is 16.2. The Morgan fingerprint density at radius 1 is 0.848 bits per heavy atom. The Labute approximate surface area is 198 Å². The number of anilines is 1. The van der Waals surface area contributed by atoms with Crippen LogP contribution in [0, 0.1) is 12.8 Å². The van der Waals surface area contributed by atoms with E-state index in [0.29, 0.717) is 11.9 Å². The lowest BCUT2D eigenvalue weighted by atomic mass is 9.93. The molecule has 0 spiro atoms. The Kier molecular flexibility index (Phi) is 6.91. The van der Waals surface area contributed by atoms with Gasteiger partial charge in [-0.15, -0.1) is 0 Å². The number of benzene rings is 1. The van der Waals surface area contributed by atoms with E-state index in [2.05, 4.69) is 55.9 Å². The summed E-state index contributed by atoms with van der Waals surface area (Å²) >= 11 is 0. The molecule has 0 atom stereocenters. The standard InChI is InChI=1S/C27H37N5O/c1-21-6-5-7-23(18-21)24-19-28-27(29-20-24)32-14-8-22(9-15-32)26(33)31-16-10-25(11-17-31)30-12-3-2-4-13-30/h5-7,18-20,22,25H,2-4,8-17H2,1H3. The van der Waals surface area contributed by atoms with E-state index in [1.807, 2.05) is 12.4 Å². The predicted octanol–water partition coefficient (Wildman–Crippen LogP) is 4.15. The van der Waals surface area contributed by atoms with Gasteiger partial charge in [0.1, 0.15) is 0 Å². The first-order chi connectivity index (χ1) is 16.2. The molecule has 3 aliphatic rings. The van der Waals surface area contributed by atoms with Crippen molar-refractivity contribution < 1.29 is 4.79 Å². The Balaban J connectivity index is 1.11. The third-order valence-electron chi connectivity index (χ3n) is 7.80. The molecule has 3 fully saturated rings. The van der Waals surface area contributed by atoms with Gasteiger partial charge in [0.2, 0.25) is 11.9 Å². The molecule has 0 unspecified atom stereocenters. The zero-order chi connectivity index (χ0) is 22.6. The first-order valence-electron chi connectivity index (χ1n) is 12.8. The molecule has 176 valence electrons.